The van der Waals surface area contributed by atoms with Crippen LogP contribution in [0.1, 0.15) is 99.8 Å². The molecule has 1 aliphatic heterocycles. The van der Waals surface area contributed by atoms with Gasteiger partial charge in [0.15, 0.2) is 0 Å². The number of rotatable bonds is 18. The number of benzene rings is 4. The van der Waals surface area contributed by atoms with E-state index in [-0.39, 0.29) is 38.3 Å². The van der Waals surface area contributed by atoms with E-state index in [1.54, 1.807) is 69.3 Å². The molecule has 0 radical (unpaired) electrons. The van der Waals surface area contributed by atoms with Crippen molar-refractivity contribution >= 4 is 41.6 Å². The van der Waals surface area contributed by atoms with Crippen LogP contribution in [0.4, 0.5) is 4.79 Å². The predicted molar refractivity (Wildman–Crippen MR) is 269 cm³/mol. The summed E-state index contributed by atoms with van der Waals surface area (Å²) in [6, 6.07) is 20.9. The van der Waals surface area contributed by atoms with Crippen LogP contribution >= 0.6 is 0 Å². The second kappa shape index (κ2) is 25.4. The van der Waals surface area contributed by atoms with E-state index in [1.165, 1.54) is 45.8 Å². The first-order valence-corrected chi connectivity index (χ1v) is 23.9. The molecule has 4 atom stereocenters. The molecular weight excluding hydrogens is 909 g/mol. The zero-order chi connectivity index (χ0) is 51.8. The van der Waals surface area contributed by atoms with Crippen LogP contribution in [0.3, 0.4) is 0 Å². The highest BCUT2D eigenvalue weighted by Crippen LogP contribution is 2.40. The lowest BCUT2D eigenvalue weighted by molar-refractivity contribution is -0.145. The number of likely N-dealkylation sites (N-methyl/N-ethyl adjacent to an activating group) is 1. The molecule has 0 spiro atoms. The van der Waals surface area contributed by atoms with E-state index in [4.69, 9.17) is 18.9 Å². The van der Waals surface area contributed by atoms with Gasteiger partial charge in [-0.15, -0.1) is 0 Å². The Balaban J connectivity index is 1.40. The van der Waals surface area contributed by atoms with Crippen LogP contribution in [0.15, 0.2) is 84.9 Å². The molecule has 5 N–H and O–H groups in total. The van der Waals surface area contributed by atoms with Gasteiger partial charge in [-0.3, -0.25) is 24.0 Å². The molecule has 0 aliphatic carbocycles. The molecular formula is C54H68N6O11. The number of esters is 1. The maximum absolute atomic E-state index is 14.8. The standard InChI is InChI=1S/C54H68N6O11/c1-10-13-34-15-18-36(19-16-34)37-20-22-38(23-21-37)49(63)55-29-27-46(61)58-42(14-11-12-28-56-53(67)71-54(3,4)5)51(65)60(6)47-39-24-26-45(69-8)41(32-39)40-30-35(17-25-44(40)68-7)31-43(52(66)70-9)59-48(62)33(2)57-50(47)64/h15-26,30,32-33,42-43,47H,10-14,27-29,31H2,1-9H3,(H,55,63)(H,56,67)(H,57,64)(H,58,61)(H,59,62)/t33-,42-,43-,47-/m0/s1. The third-order valence-electron chi connectivity index (χ3n) is 11.9. The van der Waals surface area contributed by atoms with Crippen LogP contribution in [0, 0.1) is 0 Å². The number of fused-ring (bicyclic) bond motifs is 5. The Morgan fingerprint density at radius 2 is 1.41 bits per heavy atom. The summed E-state index contributed by atoms with van der Waals surface area (Å²) >= 11 is 0. The molecule has 0 fully saturated rings. The highest BCUT2D eigenvalue weighted by molar-refractivity contribution is 5.97. The number of carbonyl (C=O) groups excluding carboxylic acids is 7. The van der Waals surface area contributed by atoms with Gasteiger partial charge < -0.3 is 50.4 Å². The average Bonchev–Trinajstić information content (AvgIpc) is 3.34. The van der Waals surface area contributed by atoms with Gasteiger partial charge in [0.25, 0.3) is 5.91 Å². The Hall–Kier alpha value is -7.43. The van der Waals surface area contributed by atoms with Crippen molar-refractivity contribution in [2.45, 2.75) is 109 Å². The number of aryl methyl sites for hydroxylation is 1. The summed E-state index contributed by atoms with van der Waals surface area (Å²) < 4.78 is 21.9. The van der Waals surface area contributed by atoms with E-state index in [0.717, 1.165) is 24.0 Å². The number of alkyl carbamates (subject to hydrolysis) is 1. The monoisotopic (exact) mass is 976 g/mol. The minimum absolute atomic E-state index is 0.0387. The molecule has 0 saturated heterocycles. The topological polar surface area (TPSA) is 220 Å². The quantitative estimate of drug-likeness (QED) is 0.0558. The third-order valence-corrected chi connectivity index (χ3v) is 11.9. The normalized spacial score (nSPS) is 16.2. The maximum Gasteiger partial charge on any atom is 0.407 e. The largest absolute Gasteiger partial charge is 0.496 e. The Morgan fingerprint density at radius 3 is 2.03 bits per heavy atom. The summed E-state index contributed by atoms with van der Waals surface area (Å²) in [6.45, 7) is 9.02. The lowest BCUT2D eigenvalue weighted by Gasteiger charge is -2.32. The second-order valence-corrected chi connectivity index (χ2v) is 18.4. The summed E-state index contributed by atoms with van der Waals surface area (Å²) in [5.74, 6) is -2.80. The van der Waals surface area contributed by atoms with Crippen LogP contribution in [0.2, 0.25) is 0 Å². The molecule has 1 aliphatic rings. The van der Waals surface area contributed by atoms with Crippen LogP contribution in [0.5, 0.6) is 11.5 Å². The number of amides is 6. The maximum atomic E-state index is 14.8. The van der Waals surface area contributed by atoms with Gasteiger partial charge in [-0.05, 0) is 118 Å². The summed E-state index contributed by atoms with van der Waals surface area (Å²) in [5, 5.41) is 13.7. The fourth-order valence-corrected chi connectivity index (χ4v) is 8.21. The van der Waals surface area contributed by atoms with Gasteiger partial charge in [-0.2, -0.15) is 0 Å². The molecule has 0 saturated carbocycles. The molecule has 5 rings (SSSR count). The van der Waals surface area contributed by atoms with Crippen LogP contribution in [-0.2, 0) is 46.3 Å². The smallest absolute Gasteiger partial charge is 0.407 e. The van der Waals surface area contributed by atoms with E-state index in [0.29, 0.717) is 52.2 Å². The molecule has 4 aromatic carbocycles. The van der Waals surface area contributed by atoms with Gasteiger partial charge in [-0.1, -0.05) is 61.9 Å². The van der Waals surface area contributed by atoms with Crippen molar-refractivity contribution in [1.82, 2.24) is 31.5 Å². The van der Waals surface area contributed by atoms with Crippen molar-refractivity contribution < 1.29 is 52.5 Å². The zero-order valence-electron chi connectivity index (χ0n) is 42.2. The van der Waals surface area contributed by atoms with Crippen molar-refractivity contribution in [2.75, 3.05) is 41.5 Å². The lowest BCUT2D eigenvalue weighted by atomic mass is 9.93. The van der Waals surface area contributed by atoms with E-state index >= 15 is 0 Å². The Morgan fingerprint density at radius 1 is 0.775 bits per heavy atom. The molecule has 71 heavy (non-hydrogen) atoms. The third kappa shape index (κ3) is 15.3. The molecule has 17 nitrogen and oxygen atoms in total. The Bertz CT molecular complexity index is 2520. The molecule has 6 amide bonds. The summed E-state index contributed by atoms with van der Waals surface area (Å²) in [6.07, 6.45) is 2.21. The number of unbranched alkanes of at least 4 members (excludes halogenated alkanes) is 1. The van der Waals surface area contributed by atoms with E-state index < -0.39 is 65.5 Å². The molecule has 0 aromatic heterocycles. The second-order valence-electron chi connectivity index (χ2n) is 18.4. The van der Waals surface area contributed by atoms with Crippen molar-refractivity contribution in [3.8, 4) is 33.8 Å². The minimum atomic E-state index is -1.38. The van der Waals surface area contributed by atoms with Crippen molar-refractivity contribution in [2.24, 2.45) is 0 Å². The fraction of sp³-hybridized carbons (Fsp3) is 0.426. The van der Waals surface area contributed by atoms with Gasteiger partial charge in [0.2, 0.25) is 23.6 Å². The van der Waals surface area contributed by atoms with Crippen molar-refractivity contribution in [3.05, 3.63) is 107 Å². The average molecular weight is 977 g/mol. The highest BCUT2D eigenvalue weighted by atomic mass is 16.6. The molecule has 0 unspecified atom stereocenters. The van der Waals surface area contributed by atoms with Gasteiger partial charge >= 0.3 is 12.1 Å². The van der Waals surface area contributed by atoms with E-state index in [1.807, 2.05) is 12.1 Å². The number of hydrogen-bond acceptors (Lipinski definition) is 11. The summed E-state index contributed by atoms with van der Waals surface area (Å²) in [7, 11) is 5.62. The first-order chi connectivity index (χ1) is 33.9. The van der Waals surface area contributed by atoms with Crippen LogP contribution in [-0.4, -0.2) is 112 Å². The molecule has 4 bridgehead atoms. The number of methoxy groups -OCH3 is 3. The highest BCUT2D eigenvalue weighted by Gasteiger charge is 2.36. The zero-order valence-corrected chi connectivity index (χ0v) is 42.2. The number of carbonyl (C=O) groups is 7. The molecule has 380 valence electrons. The van der Waals surface area contributed by atoms with Gasteiger partial charge in [0, 0.05) is 49.7 Å². The first-order valence-electron chi connectivity index (χ1n) is 23.9. The van der Waals surface area contributed by atoms with Gasteiger partial charge in [0.1, 0.15) is 41.3 Å². The molecule has 17 heteroatoms. The first kappa shape index (κ1) is 54.5. The minimum Gasteiger partial charge on any atom is -0.496 e. The number of nitrogens with zero attached hydrogens (tertiary/aromatic N) is 1. The lowest BCUT2D eigenvalue weighted by Crippen LogP contribution is -2.55. The summed E-state index contributed by atoms with van der Waals surface area (Å²) in [5.41, 5.74) is 5.00. The van der Waals surface area contributed by atoms with Crippen LogP contribution < -0.4 is 36.1 Å². The Kier molecular flexibility index (Phi) is 19.5. The predicted octanol–water partition coefficient (Wildman–Crippen LogP) is 6.21. The molecule has 1 heterocycles. The van der Waals surface area contributed by atoms with E-state index in [2.05, 4.69) is 57.8 Å². The van der Waals surface area contributed by atoms with Crippen molar-refractivity contribution in [1.29, 1.82) is 0 Å². The SMILES string of the molecule is CCCc1ccc(-c2ccc(C(=O)NCCC(=O)N[C@@H](CCCCNC(=O)OC(C)(C)C)C(=O)N(C)[C@@H]3C(=O)N[C@@H](C)C(=O)N[C@H](C(=O)OC)Cc4ccc(OC)c(c4)-c4cc3ccc4OC)cc2)cc1. The van der Waals surface area contributed by atoms with Crippen LogP contribution in [0.25, 0.3) is 22.3 Å². The van der Waals surface area contributed by atoms with Crippen molar-refractivity contribution in [3.63, 3.8) is 0 Å². The Labute approximate surface area is 416 Å². The number of ether oxygens (including phenoxy) is 4. The number of nitrogens with one attached hydrogen (secondary N) is 5. The van der Waals surface area contributed by atoms with Gasteiger partial charge in [-0.25, -0.2) is 9.59 Å². The van der Waals surface area contributed by atoms with Gasteiger partial charge in [0.05, 0.1) is 21.3 Å². The fourth-order valence-electron chi connectivity index (χ4n) is 8.21. The van der Waals surface area contributed by atoms with E-state index in [9.17, 15) is 33.6 Å². The molecule has 4 aromatic rings. The number of hydrogen-bond donors (Lipinski definition) is 5. The summed E-state index contributed by atoms with van der Waals surface area (Å²) in [4.78, 5) is 96.4.